The highest BCUT2D eigenvalue weighted by molar-refractivity contribution is 7.80. The molecule has 10 heteroatoms. The third-order valence-corrected chi connectivity index (χ3v) is 8.13. The quantitative estimate of drug-likeness (QED) is 0.0502. The van der Waals surface area contributed by atoms with Gasteiger partial charge >= 0.3 is 0 Å². The molecule has 0 saturated heterocycles. The van der Waals surface area contributed by atoms with Crippen LogP contribution in [0, 0.1) is 23.7 Å². The molecule has 48 heavy (non-hydrogen) atoms. The molecular formula is C38H58N8S2. The second-order valence-electron chi connectivity index (χ2n) is 14.3. The lowest BCUT2D eigenvalue weighted by Crippen LogP contribution is -2.40. The Morgan fingerprint density at radius 3 is 1.12 bits per heavy atom. The highest BCUT2D eigenvalue weighted by Gasteiger charge is 2.13. The van der Waals surface area contributed by atoms with E-state index >= 15 is 0 Å². The summed E-state index contributed by atoms with van der Waals surface area (Å²) in [6.45, 7) is 25.8. The minimum absolute atomic E-state index is 0.515. The molecule has 8 nitrogen and oxygen atoms in total. The Morgan fingerprint density at radius 1 is 0.562 bits per heavy atom. The first-order valence-electron chi connectivity index (χ1n) is 17.5. The fraction of sp³-hybridized carbons (Fsp3) is 0.526. The van der Waals surface area contributed by atoms with E-state index in [4.69, 9.17) is 24.4 Å². The van der Waals surface area contributed by atoms with Gasteiger partial charge in [-0.25, -0.2) is 0 Å². The molecule has 0 heterocycles. The lowest BCUT2D eigenvalue weighted by Gasteiger charge is -2.26. The molecule has 0 aliphatic rings. The first kappa shape index (κ1) is 39.3. The summed E-state index contributed by atoms with van der Waals surface area (Å²) < 4.78 is 0. The summed E-state index contributed by atoms with van der Waals surface area (Å²) in [5.74, 6) is 2.51. The molecular weight excluding hydrogens is 633 g/mol. The number of hydrogen-bond donors (Lipinski definition) is 4. The van der Waals surface area contributed by atoms with Crippen LogP contribution in [-0.4, -0.2) is 84.8 Å². The van der Waals surface area contributed by atoms with E-state index in [9.17, 15) is 0 Å². The second kappa shape index (κ2) is 20.4. The molecule has 0 unspecified atom stereocenters. The Labute approximate surface area is 300 Å². The fourth-order valence-electron chi connectivity index (χ4n) is 6.10. The number of hydrazone groups is 2. The van der Waals surface area contributed by atoms with Crippen LogP contribution >= 0.6 is 24.4 Å². The van der Waals surface area contributed by atoms with Gasteiger partial charge in [0, 0.05) is 63.5 Å². The van der Waals surface area contributed by atoms with Crippen molar-refractivity contribution >= 4 is 68.6 Å². The molecule has 3 rings (SSSR count). The third kappa shape index (κ3) is 13.4. The maximum absolute atomic E-state index is 5.55. The summed E-state index contributed by atoms with van der Waals surface area (Å²) in [6, 6.07) is 16.7. The number of nitrogens with one attached hydrogen (secondary N) is 4. The average molecular weight is 691 g/mol. The number of hydrogen-bond acceptors (Lipinski definition) is 6. The van der Waals surface area contributed by atoms with Crippen LogP contribution in [-0.2, 0) is 0 Å². The summed E-state index contributed by atoms with van der Waals surface area (Å²) in [6.07, 6.45) is 3.73. The molecule has 0 aliphatic heterocycles. The highest BCUT2D eigenvalue weighted by atomic mass is 32.1. The van der Waals surface area contributed by atoms with Gasteiger partial charge in [-0.2, -0.15) is 10.2 Å². The zero-order valence-electron chi connectivity index (χ0n) is 30.3. The molecule has 0 aliphatic carbocycles. The number of thiocarbonyl (C=S) groups is 2. The van der Waals surface area contributed by atoms with Gasteiger partial charge in [-0.1, -0.05) is 104 Å². The zero-order valence-corrected chi connectivity index (χ0v) is 32.0. The van der Waals surface area contributed by atoms with Gasteiger partial charge < -0.3 is 20.4 Å². The second-order valence-corrected chi connectivity index (χ2v) is 15.1. The van der Waals surface area contributed by atoms with Crippen molar-refractivity contribution in [1.29, 1.82) is 0 Å². The van der Waals surface area contributed by atoms with Crippen LogP contribution in [0.2, 0.25) is 0 Å². The average Bonchev–Trinajstić information content (AvgIpc) is 3.00. The molecule has 0 fully saturated rings. The molecule has 0 bridgehead atoms. The van der Waals surface area contributed by atoms with E-state index in [1.165, 1.54) is 0 Å². The molecule has 4 N–H and O–H groups in total. The van der Waals surface area contributed by atoms with Crippen LogP contribution in [0.25, 0.3) is 21.5 Å². The first-order valence-corrected chi connectivity index (χ1v) is 18.3. The number of rotatable bonds is 18. The van der Waals surface area contributed by atoms with Gasteiger partial charge in [0.1, 0.15) is 0 Å². The predicted molar refractivity (Wildman–Crippen MR) is 216 cm³/mol. The van der Waals surface area contributed by atoms with E-state index < -0.39 is 0 Å². The zero-order chi connectivity index (χ0) is 35.1. The minimum atomic E-state index is 0.515. The molecule has 0 spiro atoms. The Kier molecular flexibility index (Phi) is 16.7. The molecule has 0 atom stereocenters. The van der Waals surface area contributed by atoms with E-state index in [2.05, 4.69) is 121 Å². The molecule has 262 valence electrons. The van der Waals surface area contributed by atoms with E-state index in [1.807, 2.05) is 36.7 Å². The van der Waals surface area contributed by atoms with Crippen LogP contribution in [0.4, 0.5) is 0 Å². The Bertz CT molecular complexity index is 1330. The number of benzene rings is 3. The lowest BCUT2D eigenvalue weighted by atomic mass is 9.92. The summed E-state index contributed by atoms with van der Waals surface area (Å²) in [5.41, 5.74) is 8.10. The van der Waals surface area contributed by atoms with E-state index in [0.29, 0.717) is 33.9 Å². The Hall–Kier alpha value is -3.18. The van der Waals surface area contributed by atoms with E-state index in [0.717, 1.165) is 85.0 Å². The van der Waals surface area contributed by atoms with Crippen molar-refractivity contribution in [3.05, 3.63) is 59.7 Å². The minimum Gasteiger partial charge on any atom is -0.360 e. The van der Waals surface area contributed by atoms with Crippen LogP contribution < -0.4 is 21.5 Å². The van der Waals surface area contributed by atoms with Gasteiger partial charge in [0.15, 0.2) is 10.2 Å². The van der Waals surface area contributed by atoms with Crippen LogP contribution in [0.15, 0.2) is 58.7 Å². The van der Waals surface area contributed by atoms with E-state index in [1.54, 1.807) is 0 Å². The summed E-state index contributed by atoms with van der Waals surface area (Å²) in [4.78, 5) is 4.99. The highest BCUT2D eigenvalue weighted by Crippen LogP contribution is 2.31. The standard InChI is InChI=1S/C38H58N8S2/c1-27(2)23-45(24-28(3)4)19-17-39-37(47)43-41-21-35-31-13-9-11-15-33(31)36(34-16-12-10-14-32(34)35)22-42-44-38(48)40-18-20-46(25-29(5)6)26-30(7)8/h9-16,21-22,27-30H,17-20,23-26H2,1-8H3,(H2,39,43,47)(H2,40,44,48)/b41-21+,42-22+. The third-order valence-electron chi connectivity index (χ3n) is 7.65. The summed E-state index contributed by atoms with van der Waals surface area (Å²) in [5, 5.41) is 21.1. The smallest absolute Gasteiger partial charge is 0.187 e. The van der Waals surface area contributed by atoms with Crippen LogP contribution in [0.3, 0.4) is 0 Å². The molecule has 3 aromatic carbocycles. The molecule has 0 saturated carbocycles. The molecule has 3 aromatic rings. The van der Waals surface area contributed by atoms with Gasteiger partial charge in [-0.05, 0) is 69.7 Å². The maximum atomic E-state index is 5.55. The lowest BCUT2D eigenvalue weighted by molar-refractivity contribution is 0.222. The van der Waals surface area contributed by atoms with Crippen molar-refractivity contribution < 1.29 is 0 Å². The largest absolute Gasteiger partial charge is 0.360 e. The first-order chi connectivity index (χ1) is 22.9. The fourth-order valence-corrected chi connectivity index (χ4v) is 6.41. The number of nitrogens with zero attached hydrogens (tertiary/aromatic N) is 4. The van der Waals surface area contributed by atoms with Crippen molar-refractivity contribution in [3.8, 4) is 0 Å². The predicted octanol–water partition coefficient (Wildman–Crippen LogP) is 6.82. The van der Waals surface area contributed by atoms with Gasteiger partial charge in [0.05, 0.1) is 12.4 Å². The monoisotopic (exact) mass is 690 g/mol. The summed E-state index contributed by atoms with van der Waals surface area (Å²) in [7, 11) is 0. The van der Waals surface area contributed by atoms with Gasteiger partial charge in [0.2, 0.25) is 0 Å². The Morgan fingerprint density at radius 2 is 0.854 bits per heavy atom. The van der Waals surface area contributed by atoms with Gasteiger partial charge in [0.25, 0.3) is 0 Å². The Balaban J connectivity index is 1.69. The van der Waals surface area contributed by atoms with Gasteiger partial charge in [-0.15, -0.1) is 0 Å². The van der Waals surface area contributed by atoms with E-state index in [-0.39, 0.29) is 0 Å². The van der Waals surface area contributed by atoms with Gasteiger partial charge in [-0.3, -0.25) is 10.9 Å². The van der Waals surface area contributed by atoms with Crippen LogP contribution in [0.1, 0.15) is 66.5 Å². The van der Waals surface area contributed by atoms with Crippen molar-refractivity contribution in [2.75, 3.05) is 52.4 Å². The molecule has 0 aromatic heterocycles. The van der Waals surface area contributed by atoms with Crippen molar-refractivity contribution in [3.63, 3.8) is 0 Å². The topological polar surface area (TPSA) is 79.3 Å². The molecule has 0 amide bonds. The van der Waals surface area contributed by atoms with Crippen LogP contribution in [0.5, 0.6) is 0 Å². The summed E-state index contributed by atoms with van der Waals surface area (Å²) >= 11 is 11.1. The van der Waals surface area contributed by atoms with Crippen molar-refractivity contribution in [2.24, 2.45) is 33.9 Å². The normalized spacial score (nSPS) is 12.3. The maximum Gasteiger partial charge on any atom is 0.187 e. The van der Waals surface area contributed by atoms with Crippen molar-refractivity contribution in [1.82, 2.24) is 31.3 Å². The SMILES string of the molecule is CC(C)CN(CCNC(=S)N/N=C/c1c2ccccc2c(/C=N/NC(=S)NCCN(CC(C)C)CC(C)C)c2ccccc12)CC(C)C. The molecule has 0 radical (unpaired) electrons. The number of fused-ring (bicyclic) bond motifs is 2. The van der Waals surface area contributed by atoms with Crippen molar-refractivity contribution in [2.45, 2.75) is 55.4 Å².